The van der Waals surface area contributed by atoms with Crippen molar-refractivity contribution in [3.63, 3.8) is 0 Å². The molecule has 1 aromatic rings. The molecule has 0 unspecified atom stereocenters. The van der Waals surface area contributed by atoms with Crippen molar-refractivity contribution in [3.05, 3.63) is 35.0 Å². The number of phenols is 2. The second kappa shape index (κ2) is 5.12. The summed E-state index contributed by atoms with van der Waals surface area (Å²) in [5.74, 6) is -1.21. The average Bonchev–Trinajstić information content (AvgIpc) is 2.40. The lowest BCUT2D eigenvalue weighted by atomic mass is 9.95. The molecule has 1 aliphatic heterocycles. The van der Waals surface area contributed by atoms with Crippen LogP contribution in [-0.2, 0) is 9.53 Å². The lowest BCUT2D eigenvalue weighted by Gasteiger charge is -2.27. The van der Waals surface area contributed by atoms with Gasteiger partial charge in [-0.1, -0.05) is 6.07 Å². The molecule has 0 bridgehead atoms. The van der Waals surface area contributed by atoms with Gasteiger partial charge in [0.15, 0.2) is 11.5 Å². The van der Waals surface area contributed by atoms with Gasteiger partial charge in [-0.15, -0.1) is 0 Å². The molecule has 0 aliphatic carbocycles. The zero-order chi connectivity index (χ0) is 14.9. The van der Waals surface area contributed by atoms with E-state index in [9.17, 15) is 19.8 Å². The minimum absolute atomic E-state index is 0.234. The van der Waals surface area contributed by atoms with E-state index in [4.69, 9.17) is 4.74 Å². The van der Waals surface area contributed by atoms with Crippen LogP contribution in [-0.4, -0.2) is 29.3 Å². The molecule has 1 atom stereocenters. The van der Waals surface area contributed by atoms with E-state index >= 15 is 0 Å². The van der Waals surface area contributed by atoms with Crippen molar-refractivity contribution in [3.8, 4) is 11.5 Å². The Morgan fingerprint density at radius 2 is 2.00 bits per heavy atom. The molecule has 0 spiro atoms. The third-order valence-corrected chi connectivity index (χ3v) is 3.01. The molecule has 0 fully saturated rings. The van der Waals surface area contributed by atoms with Gasteiger partial charge in [0.25, 0.3) is 0 Å². The molecular formula is C13H14N2O5. The van der Waals surface area contributed by atoms with Crippen molar-refractivity contribution in [1.29, 1.82) is 0 Å². The summed E-state index contributed by atoms with van der Waals surface area (Å²) in [5.41, 5.74) is 1.06. The summed E-state index contributed by atoms with van der Waals surface area (Å²) in [6.07, 6.45) is 0. The van der Waals surface area contributed by atoms with E-state index in [1.54, 1.807) is 6.92 Å². The van der Waals surface area contributed by atoms with E-state index in [2.05, 4.69) is 10.6 Å². The second-order valence-electron chi connectivity index (χ2n) is 4.31. The number of amides is 2. The first kappa shape index (κ1) is 13.7. The molecule has 0 saturated carbocycles. The van der Waals surface area contributed by atoms with Gasteiger partial charge in [0, 0.05) is 5.70 Å². The van der Waals surface area contributed by atoms with Crippen LogP contribution in [0.25, 0.3) is 0 Å². The number of phenolic OH excluding ortho intramolecular Hbond substituents is 2. The molecular weight excluding hydrogens is 264 g/mol. The van der Waals surface area contributed by atoms with Gasteiger partial charge in [0.2, 0.25) is 0 Å². The van der Waals surface area contributed by atoms with Crippen LogP contribution >= 0.6 is 0 Å². The summed E-state index contributed by atoms with van der Waals surface area (Å²) < 4.78 is 4.70. The smallest absolute Gasteiger partial charge is 0.337 e. The lowest BCUT2D eigenvalue weighted by molar-refractivity contribution is -0.136. The largest absolute Gasteiger partial charge is 0.504 e. The second-order valence-corrected chi connectivity index (χ2v) is 4.31. The molecule has 1 aliphatic rings. The van der Waals surface area contributed by atoms with Crippen molar-refractivity contribution in [2.75, 3.05) is 7.11 Å². The first-order valence-corrected chi connectivity index (χ1v) is 5.82. The standard InChI is InChI=1S/C13H14N2O5/c1-6-10(12(18)20-2)11(15-13(19)14-6)7-3-4-8(16)9(17)5-7/h3-5,11,16-17H,1-2H3,(H2,14,15,19)/t11-/m1/s1. The summed E-state index contributed by atoms with van der Waals surface area (Å²) in [7, 11) is 1.24. The lowest BCUT2D eigenvalue weighted by Crippen LogP contribution is -2.45. The van der Waals surface area contributed by atoms with Crippen molar-refractivity contribution >= 4 is 12.0 Å². The van der Waals surface area contributed by atoms with Crippen molar-refractivity contribution in [2.45, 2.75) is 13.0 Å². The number of benzene rings is 1. The summed E-state index contributed by atoms with van der Waals surface area (Å²) >= 11 is 0. The normalized spacial score (nSPS) is 18.3. The number of hydrogen-bond donors (Lipinski definition) is 4. The van der Waals surface area contributed by atoms with Gasteiger partial charge >= 0.3 is 12.0 Å². The fourth-order valence-electron chi connectivity index (χ4n) is 2.04. The highest BCUT2D eigenvalue weighted by atomic mass is 16.5. The first-order chi connectivity index (χ1) is 9.43. The monoisotopic (exact) mass is 278 g/mol. The van der Waals surface area contributed by atoms with E-state index in [0.29, 0.717) is 11.3 Å². The van der Waals surface area contributed by atoms with Crippen LogP contribution in [0.1, 0.15) is 18.5 Å². The topological polar surface area (TPSA) is 108 Å². The molecule has 1 heterocycles. The number of rotatable bonds is 2. The fourth-order valence-corrected chi connectivity index (χ4v) is 2.04. The maximum Gasteiger partial charge on any atom is 0.337 e. The molecule has 20 heavy (non-hydrogen) atoms. The maximum atomic E-state index is 11.8. The summed E-state index contributed by atoms with van der Waals surface area (Å²) in [5, 5.41) is 23.9. The Morgan fingerprint density at radius 1 is 1.30 bits per heavy atom. The maximum absolute atomic E-state index is 11.8. The van der Waals surface area contributed by atoms with Gasteiger partial charge in [-0.25, -0.2) is 9.59 Å². The number of methoxy groups -OCH3 is 1. The Hall–Kier alpha value is -2.70. The first-order valence-electron chi connectivity index (χ1n) is 5.82. The van der Waals surface area contributed by atoms with Gasteiger partial charge in [-0.05, 0) is 24.6 Å². The Bertz CT molecular complexity index is 609. The number of carbonyl (C=O) groups is 2. The van der Waals surface area contributed by atoms with Crippen LogP contribution in [0.3, 0.4) is 0 Å². The van der Waals surface area contributed by atoms with Gasteiger partial charge in [-0.3, -0.25) is 0 Å². The van der Waals surface area contributed by atoms with Gasteiger partial charge in [0.05, 0.1) is 18.7 Å². The van der Waals surface area contributed by atoms with E-state index in [1.165, 1.54) is 25.3 Å². The summed E-state index contributed by atoms with van der Waals surface area (Å²) in [6, 6.07) is 2.84. The van der Waals surface area contributed by atoms with Crippen LogP contribution in [0.2, 0.25) is 0 Å². The molecule has 4 N–H and O–H groups in total. The number of ether oxygens (including phenoxy) is 1. The SMILES string of the molecule is COC(=O)C1=C(C)NC(=O)N[C@@H]1c1ccc(O)c(O)c1. The summed E-state index contributed by atoms with van der Waals surface area (Å²) in [6.45, 7) is 1.58. The van der Waals surface area contributed by atoms with Gasteiger partial charge in [0.1, 0.15) is 0 Å². The predicted molar refractivity (Wildman–Crippen MR) is 68.9 cm³/mol. The number of carbonyl (C=O) groups excluding carboxylic acids is 2. The van der Waals surface area contributed by atoms with Crippen LogP contribution in [0.4, 0.5) is 4.79 Å². The summed E-state index contributed by atoms with van der Waals surface area (Å²) in [4.78, 5) is 23.4. The highest BCUT2D eigenvalue weighted by Crippen LogP contribution is 2.32. The van der Waals surface area contributed by atoms with Crippen LogP contribution in [0.5, 0.6) is 11.5 Å². The minimum atomic E-state index is -0.761. The van der Waals surface area contributed by atoms with Gasteiger partial charge in [-0.2, -0.15) is 0 Å². The Balaban J connectivity index is 2.50. The minimum Gasteiger partial charge on any atom is -0.504 e. The molecule has 2 rings (SSSR count). The number of nitrogens with one attached hydrogen (secondary N) is 2. The zero-order valence-corrected chi connectivity index (χ0v) is 10.9. The molecule has 0 aromatic heterocycles. The molecule has 0 saturated heterocycles. The number of urea groups is 1. The third kappa shape index (κ3) is 2.37. The van der Waals surface area contributed by atoms with Crippen molar-refractivity contribution in [2.24, 2.45) is 0 Å². The Labute approximate surface area is 114 Å². The van der Waals surface area contributed by atoms with Crippen molar-refractivity contribution in [1.82, 2.24) is 10.6 Å². The molecule has 0 radical (unpaired) electrons. The van der Waals surface area contributed by atoms with E-state index in [1.807, 2.05) is 0 Å². The molecule has 1 aromatic carbocycles. The average molecular weight is 278 g/mol. The van der Waals surface area contributed by atoms with Crippen LogP contribution in [0, 0.1) is 0 Å². The third-order valence-electron chi connectivity index (χ3n) is 3.01. The number of aromatic hydroxyl groups is 2. The predicted octanol–water partition coefficient (Wildman–Crippen LogP) is 0.899. The highest BCUT2D eigenvalue weighted by molar-refractivity contribution is 5.94. The quantitative estimate of drug-likeness (QED) is 0.475. The zero-order valence-electron chi connectivity index (χ0n) is 10.9. The van der Waals surface area contributed by atoms with Crippen molar-refractivity contribution < 1.29 is 24.5 Å². The molecule has 7 heteroatoms. The van der Waals surface area contributed by atoms with Crippen LogP contribution in [0.15, 0.2) is 29.5 Å². The van der Waals surface area contributed by atoms with E-state index < -0.39 is 18.0 Å². The highest BCUT2D eigenvalue weighted by Gasteiger charge is 2.32. The number of allylic oxidation sites excluding steroid dienone is 1. The Morgan fingerprint density at radius 3 is 2.60 bits per heavy atom. The number of hydrogen-bond acceptors (Lipinski definition) is 5. The van der Waals surface area contributed by atoms with Crippen LogP contribution < -0.4 is 10.6 Å². The Kier molecular flexibility index (Phi) is 3.51. The molecule has 7 nitrogen and oxygen atoms in total. The van der Waals surface area contributed by atoms with Gasteiger partial charge < -0.3 is 25.6 Å². The molecule has 2 amide bonds. The molecule has 106 valence electrons. The fraction of sp³-hybridized carbons (Fsp3) is 0.231. The van der Waals surface area contributed by atoms with E-state index in [0.717, 1.165) is 0 Å². The number of esters is 1. The van der Waals surface area contributed by atoms with E-state index in [-0.39, 0.29) is 17.1 Å².